The fourth-order valence-corrected chi connectivity index (χ4v) is 9.77. The molecule has 0 atom stereocenters. The molecule has 7 aromatic carbocycles. The highest BCUT2D eigenvalue weighted by atomic mass is 32.1. The van der Waals surface area contributed by atoms with Crippen molar-refractivity contribution in [1.29, 1.82) is 0 Å². The van der Waals surface area contributed by atoms with Crippen LogP contribution in [0.4, 0.5) is 0 Å². The summed E-state index contributed by atoms with van der Waals surface area (Å²) in [5, 5.41) is 8.88. The Morgan fingerprint density at radius 1 is 0.424 bits per heavy atom. The third kappa shape index (κ3) is 6.05. The van der Waals surface area contributed by atoms with Gasteiger partial charge in [-0.05, 0) is 74.5 Å². The van der Waals surface area contributed by atoms with Crippen molar-refractivity contribution in [3.05, 3.63) is 180 Å². The van der Waals surface area contributed by atoms with Crippen molar-refractivity contribution in [1.82, 2.24) is 19.1 Å². The Balaban J connectivity index is 0.00000207. The molecule has 284 valence electrons. The molecule has 11 rings (SSSR count). The van der Waals surface area contributed by atoms with Gasteiger partial charge in [-0.3, -0.25) is 0 Å². The van der Waals surface area contributed by atoms with Crippen LogP contribution >= 0.6 is 11.3 Å². The summed E-state index contributed by atoms with van der Waals surface area (Å²) < 4.78 is 7.39. The molecule has 0 unspecified atom stereocenters. The molecule has 0 aliphatic heterocycles. The van der Waals surface area contributed by atoms with Gasteiger partial charge in [0.1, 0.15) is 0 Å². The highest BCUT2D eigenvalue weighted by molar-refractivity contribution is 7.26. The van der Waals surface area contributed by atoms with Crippen molar-refractivity contribution in [2.75, 3.05) is 0 Å². The molecule has 0 fully saturated rings. The fraction of sp³-hybridized carbons (Fsp3) is 0.0741. The molecule has 0 spiro atoms. The van der Waals surface area contributed by atoms with Crippen LogP contribution < -0.4 is 10.6 Å². The van der Waals surface area contributed by atoms with Crippen molar-refractivity contribution in [2.45, 2.75) is 27.7 Å². The molecule has 4 heterocycles. The predicted octanol–water partition coefficient (Wildman–Crippen LogP) is 13.5. The largest absolute Gasteiger partial charge is 0.310 e. The Morgan fingerprint density at radius 2 is 0.949 bits per heavy atom. The second-order valence-corrected chi connectivity index (χ2v) is 15.6. The lowest BCUT2D eigenvalue weighted by atomic mass is 10.1. The van der Waals surface area contributed by atoms with Crippen molar-refractivity contribution in [3.8, 4) is 45.3 Å². The molecule has 4 aromatic heterocycles. The first-order valence-electron chi connectivity index (χ1n) is 20.4. The summed E-state index contributed by atoms with van der Waals surface area (Å²) in [6, 6.07) is 60.6. The van der Waals surface area contributed by atoms with Gasteiger partial charge in [-0.25, -0.2) is 9.97 Å². The Labute approximate surface area is 347 Å². The van der Waals surface area contributed by atoms with Gasteiger partial charge in [0.25, 0.3) is 0 Å². The van der Waals surface area contributed by atoms with Crippen LogP contribution in [0.25, 0.3) is 110 Å². The van der Waals surface area contributed by atoms with Crippen LogP contribution in [0.1, 0.15) is 27.7 Å². The van der Waals surface area contributed by atoms with Crippen LogP contribution in [-0.4, -0.2) is 19.1 Å². The monoisotopic (exact) mass is 778 g/mol. The van der Waals surface area contributed by atoms with E-state index in [1.165, 1.54) is 69.1 Å². The highest BCUT2D eigenvalue weighted by Crippen LogP contribution is 2.42. The third-order valence-corrected chi connectivity index (χ3v) is 12.4. The maximum absolute atomic E-state index is 5.08. The molecule has 5 heteroatoms. The number of para-hydroxylation sites is 2. The second kappa shape index (κ2) is 15.0. The summed E-state index contributed by atoms with van der Waals surface area (Å²) in [6.45, 7) is 8.29. The van der Waals surface area contributed by atoms with Crippen LogP contribution in [0.15, 0.2) is 170 Å². The van der Waals surface area contributed by atoms with Crippen molar-refractivity contribution < 1.29 is 0 Å². The Kier molecular flexibility index (Phi) is 9.23. The Hall–Kier alpha value is -7.08. The van der Waals surface area contributed by atoms with E-state index in [1.54, 1.807) is 0 Å². The first-order chi connectivity index (χ1) is 29.2. The van der Waals surface area contributed by atoms with Gasteiger partial charge in [-0.1, -0.05) is 135 Å². The minimum atomic E-state index is 0.716. The number of thiophene rings is 1. The van der Waals surface area contributed by atoms with E-state index in [1.807, 2.05) is 49.4 Å². The molecule has 59 heavy (non-hydrogen) atoms. The zero-order chi connectivity index (χ0) is 40.0. The first-order valence-corrected chi connectivity index (χ1v) is 21.2. The van der Waals surface area contributed by atoms with E-state index in [2.05, 4.69) is 181 Å². The molecule has 0 aliphatic carbocycles. The fourth-order valence-electron chi connectivity index (χ4n) is 8.63. The van der Waals surface area contributed by atoms with Crippen LogP contribution in [-0.2, 0) is 0 Å². The maximum atomic E-state index is 5.08. The summed E-state index contributed by atoms with van der Waals surface area (Å²) in [6.07, 6.45) is 4.49. The molecule has 0 saturated heterocycles. The molecule has 4 nitrogen and oxygen atoms in total. The van der Waals surface area contributed by atoms with Gasteiger partial charge in [-0.2, -0.15) is 0 Å². The van der Waals surface area contributed by atoms with Gasteiger partial charge >= 0.3 is 0 Å². The summed E-state index contributed by atoms with van der Waals surface area (Å²) in [7, 11) is 0. The van der Waals surface area contributed by atoms with Gasteiger partial charge in [0.15, 0.2) is 5.82 Å². The number of benzene rings is 7. The lowest BCUT2D eigenvalue weighted by Gasteiger charge is -2.11. The molecule has 0 radical (unpaired) electrons. The van der Waals surface area contributed by atoms with E-state index in [9.17, 15) is 0 Å². The maximum Gasteiger partial charge on any atom is 0.160 e. The topological polar surface area (TPSA) is 35.6 Å². The van der Waals surface area contributed by atoms with Crippen molar-refractivity contribution in [2.24, 2.45) is 0 Å². The van der Waals surface area contributed by atoms with Crippen molar-refractivity contribution >= 4 is 76.4 Å². The van der Waals surface area contributed by atoms with Crippen molar-refractivity contribution in [3.63, 3.8) is 0 Å². The number of rotatable bonds is 5. The first kappa shape index (κ1) is 36.3. The van der Waals surface area contributed by atoms with E-state index in [4.69, 9.17) is 9.97 Å². The molecule has 0 saturated carbocycles. The molecular weight excluding hydrogens is 737 g/mol. The van der Waals surface area contributed by atoms with E-state index < -0.39 is 0 Å². The van der Waals surface area contributed by atoms with Crippen LogP contribution in [0.5, 0.6) is 0 Å². The average Bonchev–Trinajstić information content (AvgIpc) is 3.94. The van der Waals surface area contributed by atoms with Gasteiger partial charge < -0.3 is 9.13 Å². The van der Waals surface area contributed by atoms with Crippen LogP contribution in [0.2, 0.25) is 0 Å². The van der Waals surface area contributed by atoms with Gasteiger partial charge in [0, 0.05) is 75.0 Å². The quantitative estimate of drug-likeness (QED) is 0.174. The van der Waals surface area contributed by atoms with E-state index in [-0.39, 0.29) is 0 Å². The average molecular weight is 779 g/mol. The molecule has 0 aliphatic rings. The molecule has 0 N–H and O–H groups in total. The smallest absolute Gasteiger partial charge is 0.160 e. The Morgan fingerprint density at radius 3 is 1.58 bits per heavy atom. The van der Waals surface area contributed by atoms with Gasteiger partial charge in [-0.15, -0.1) is 11.3 Å². The number of hydrogen-bond acceptors (Lipinski definition) is 3. The zero-order valence-electron chi connectivity index (χ0n) is 33.5. The van der Waals surface area contributed by atoms with Gasteiger partial charge in [0.2, 0.25) is 0 Å². The standard InChI is InChI=1S/C52H36N4S.C2H6/c1-3-38-40-28-42-43-29-41-39-22-14-15-23-47(39)56(49(41)32-51(43)57-50(42)31-48(40)55(46(38)4-2)36-20-12-7-13-21-36)37-26-24-34(25-27-37)45-30-44(33-16-8-5-9-17-33)53-52(54-45)35-18-10-6-11-19-35;1-2/h3-32H,1-2H3;1-2H3/b38-3-,46-4+;. The van der Waals surface area contributed by atoms with E-state index in [0.29, 0.717) is 5.82 Å². The SMILES string of the molecule is C/C=c1\c(=C/C)n(-c2ccccc2)c2cc3sc4cc5c(cc4c3cc12)c1ccccc1n5-c1ccc(-c2cc(-c3ccccc3)nc(-c3ccccc3)n2)cc1.CC. The normalized spacial score (nSPS) is 12.3. The summed E-state index contributed by atoms with van der Waals surface area (Å²) in [5.41, 5.74) is 10.8. The van der Waals surface area contributed by atoms with Crippen LogP contribution in [0, 0.1) is 0 Å². The minimum absolute atomic E-state index is 0.716. The third-order valence-electron chi connectivity index (χ3n) is 11.3. The van der Waals surface area contributed by atoms with E-state index >= 15 is 0 Å². The molecule has 0 amide bonds. The summed E-state index contributed by atoms with van der Waals surface area (Å²) in [4.78, 5) is 10.1. The number of hydrogen-bond donors (Lipinski definition) is 0. The van der Waals surface area contributed by atoms with Gasteiger partial charge in [0.05, 0.1) is 27.9 Å². The number of nitrogens with zero attached hydrogens (tertiary/aromatic N) is 4. The highest BCUT2D eigenvalue weighted by Gasteiger charge is 2.18. The number of aromatic nitrogens is 4. The number of fused-ring (bicyclic) bond motifs is 7. The zero-order valence-corrected chi connectivity index (χ0v) is 34.3. The predicted molar refractivity (Wildman–Crippen MR) is 253 cm³/mol. The Bertz CT molecular complexity index is 3390. The lowest BCUT2D eigenvalue weighted by molar-refractivity contribution is 1.07. The lowest BCUT2D eigenvalue weighted by Crippen LogP contribution is -2.27. The molecular formula is C54H42N4S. The second-order valence-electron chi connectivity index (χ2n) is 14.5. The molecule has 11 aromatic rings. The minimum Gasteiger partial charge on any atom is -0.310 e. The van der Waals surface area contributed by atoms with E-state index in [0.717, 1.165) is 33.8 Å². The van der Waals surface area contributed by atoms with Crippen LogP contribution in [0.3, 0.4) is 0 Å². The summed E-state index contributed by atoms with van der Waals surface area (Å²) >= 11 is 1.88. The molecule has 0 bridgehead atoms. The summed E-state index contributed by atoms with van der Waals surface area (Å²) in [5.74, 6) is 0.716.